The average Bonchev–Trinajstić information content (AvgIpc) is 3.17. The van der Waals surface area contributed by atoms with Crippen LogP contribution in [-0.4, -0.2) is 52.0 Å². The van der Waals surface area contributed by atoms with Crippen molar-refractivity contribution in [3.63, 3.8) is 0 Å². The Labute approximate surface area is 188 Å². The highest BCUT2D eigenvalue weighted by molar-refractivity contribution is 5.99. The summed E-state index contributed by atoms with van der Waals surface area (Å²) in [5, 5.41) is 4.08. The van der Waals surface area contributed by atoms with E-state index in [-0.39, 0.29) is 30.7 Å². The van der Waals surface area contributed by atoms with Crippen molar-refractivity contribution in [2.75, 3.05) is 31.9 Å². The third-order valence-corrected chi connectivity index (χ3v) is 4.99. The molecule has 0 unspecified atom stereocenters. The van der Waals surface area contributed by atoms with Gasteiger partial charge in [-0.05, 0) is 19.1 Å². The van der Waals surface area contributed by atoms with E-state index in [9.17, 15) is 4.79 Å². The maximum absolute atomic E-state index is 12.7. The van der Waals surface area contributed by atoms with Gasteiger partial charge in [0.1, 0.15) is 0 Å². The molecule has 0 bridgehead atoms. The largest absolute Gasteiger partial charge is 0.398 e. The van der Waals surface area contributed by atoms with Crippen LogP contribution < -0.4 is 5.73 Å². The first-order valence-electron chi connectivity index (χ1n) is 9.36. The van der Waals surface area contributed by atoms with Gasteiger partial charge in [0.25, 0.3) is 5.91 Å². The number of para-hydroxylation sites is 1. The Balaban J connectivity index is 0.00000160. The van der Waals surface area contributed by atoms with Gasteiger partial charge in [-0.3, -0.25) is 9.69 Å². The molecule has 0 atom stereocenters. The molecule has 2 N–H and O–H groups in total. The molecule has 1 saturated heterocycles. The zero-order valence-electron chi connectivity index (χ0n) is 16.7. The minimum absolute atomic E-state index is 0. The molecule has 0 radical (unpaired) electrons. The Morgan fingerprint density at radius 1 is 1.03 bits per heavy atom. The molecule has 4 rings (SSSR count). The number of hydrogen-bond acceptors (Lipinski definition) is 6. The first-order chi connectivity index (χ1) is 13.6. The second-order valence-electron chi connectivity index (χ2n) is 7.03. The number of amides is 1. The molecule has 2 heterocycles. The van der Waals surface area contributed by atoms with Crippen molar-refractivity contribution in [1.82, 2.24) is 19.9 Å². The molecule has 1 amide bonds. The standard InChI is InChI=1S/C21H23N5O2.2ClH/c1-15-6-8-16(9-7-15)20-23-19(28-24-20)14-25-10-12-26(13-11-25)21(27)17-4-2-3-5-18(17)22;;/h2-9H,10-14,22H2,1H3;2*1H. The lowest BCUT2D eigenvalue weighted by Gasteiger charge is -2.34. The van der Waals surface area contributed by atoms with E-state index < -0.39 is 0 Å². The summed E-state index contributed by atoms with van der Waals surface area (Å²) in [5.41, 5.74) is 9.15. The SMILES string of the molecule is Cc1ccc(-c2noc(CN3CCN(C(=O)c4ccccc4N)CC3)n2)cc1.Cl.Cl. The predicted octanol–water partition coefficient (Wildman–Crippen LogP) is 3.43. The molecule has 1 fully saturated rings. The second kappa shape index (κ2) is 10.4. The van der Waals surface area contributed by atoms with Crippen LogP contribution >= 0.6 is 24.8 Å². The number of nitrogens with zero attached hydrogens (tertiary/aromatic N) is 4. The highest BCUT2D eigenvalue weighted by Gasteiger charge is 2.24. The van der Waals surface area contributed by atoms with Crippen LogP contribution in [0.5, 0.6) is 0 Å². The van der Waals surface area contributed by atoms with Crippen molar-refractivity contribution in [3.05, 3.63) is 65.5 Å². The number of hydrogen-bond donors (Lipinski definition) is 1. The Bertz CT molecular complexity index is 970. The lowest BCUT2D eigenvalue weighted by Crippen LogP contribution is -2.48. The summed E-state index contributed by atoms with van der Waals surface area (Å²) in [5.74, 6) is 1.17. The van der Waals surface area contributed by atoms with Crippen molar-refractivity contribution in [1.29, 1.82) is 0 Å². The van der Waals surface area contributed by atoms with E-state index in [1.54, 1.807) is 12.1 Å². The van der Waals surface area contributed by atoms with Gasteiger partial charge in [0, 0.05) is 37.4 Å². The molecule has 7 nitrogen and oxygen atoms in total. The minimum atomic E-state index is -0.0165. The number of nitrogens with two attached hydrogens (primary N) is 1. The van der Waals surface area contributed by atoms with E-state index in [1.165, 1.54) is 5.56 Å². The number of aromatic nitrogens is 2. The van der Waals surface area contributed by atoms with Gasteiger partial charge in [-0.1, -0.05) is 47.1 Å². The van der Waals surface area contributed by atoms with Gasteiger partial charge in [0.05, 0.1) is 12.1 Å². The number of piperazine rings is 1. The van der Waals surface area contributed by atoms with E-state index in [2.05, 4.69) is 15.0 Å². The summed E-state index contributed by atoms with van der Waals surface area (Å²) in [6.07, 6.45) is 0. The first kappa shape index (κ1) is 23.7. The van der Waals surface area contributed by atoms with Crippen molar-refractivity contribution >= 4 is 36.4 Å². The molecule has 3 aromatic rings. The van der Waals surface area contributed by atoms with Crippen LogP contribution in [0.15, 0.2) is 53.1 Å². The predicted molar refractivity (Wildman–Crippen MR) is 121 cm³/mol. The van der Waals surface area contributed by atoms with Crippen LogP contribution in [0, 0.1) is 6.92 Å². The molecule has 1 aromatic heterocycles. The van der Waals surface area contributed by atoms with E-state index in [0.717, 1.165) is 18.7 Å². The Morgan fingerprint density at radius 2 is 1.70 bits per heavy atom. The smallest absolute Gasteiger partial charge is 0.256 e. The summed E-state index contributed by atoms with van der Waals surface area (Å²) < 4.78 is 5.41. The van der Waals surface area contributed by atoms with Crippen molar-refractivity contribution in [2.24, 2.45) is 0 Å². The van der Waals surface area contributed by atoms with Gasteiger partial charge in [0.2, 0.25) is 11.7 Å². The number of carbonyl (C=O) groups excluding carboxylic acids is 1. The monoisotopic (exact) mass is 449 g/mol. The van der Waals surface area contributed by atoms with Crippen LogP contribution in [0.2, 0.25) is 0 Å². The Hall–Kier alpha value is -2.61. The molecule has 1 aliphatic rings. The molecule has 160 valence electrons. The lowest BCUT2D eigenvalue weighted by molar-refractivity contribution is 0.0616. The van der Waals surface area contributed by atoms with E-state index in [0.29, 0.717) is 42.6 Å². The summed E-state index contributed by atoms with van der Waals surface area (Å²) in [4.78, 5) is 21.2. The molecular formula is C21H25Cl2N5O2. The van der Waals surface area contributed by atoms with Crippen LogP contribution in [-0.2, 0) is 6.54 Å². The molecule has 2 aromatic carbocycles. The molecule has 0 saturated carbocycles. The first-order valence-corrected chi connectivity index (χ1v) is 9.36. The zero-order chi connectivity index (χ0) is 19.5. The lowest BCUT2D eigenvalue weighted by atomic mass is 10.1. The summed E-state index contributed by atoms with van der Waals surface area (Å²) in [6.45, 7) is 5.41. The molecule has 0 spiro atoms. The molecule has 0 aliphatic carbocycles. The van der Waals surface area contributed by atoms with Crippen molar-refractivity contribution < 1.29 is 9.32 Å². The highest BCUT2D eigenvalue weighted by Crippen LogP contribution is 2.18. The summed E-state index contributed by atoms with van der Waals surface area (Å²) >= 11 is 0. The van der Waals surface area contributed by atoms with Gasteiger partial charge in [-0.2, -0.15) is 4.98 Å². The van der Waals surface area contributed by atoms with E-state index in [1.807, 2.05) is 48.2 Å². The number of anilines is 1. The third kappa shape index (κ3) is 5.30. The number of benzene rings is 2. The summed E-state index contributed by atoms with van der Waals surface area (Å²) in [7, 11) is 0. The van der Waals surface area contributed by atoms with Gasteiger partial charge >= 0.3 is 0 Å². The topological polar surface area (TPSA) is 88.5 Å². The fraction of sp³-hybridized carbons (Fsp3) is 0.286. The number of rotatable bonds is 4. The number of aryl methyl sites for hydroxylation is 1. The van der Waals surface area contributed by atoms with Crippen LogP contribution in [0.1, 0.15) is 21.8 Å². The van der Waals surface area contributed by atoms with Crippen molar-refractivity contribution in [2.45, 2.75) is 13.5 Å². The van der Waals surface area contributed by atoms with E-state index in [4.69, 9.17) is 10.3 Å². The van der Waals surface area contributed by atoms with Gasteiger partial charge in [0.15, 0.2) is 0 Å². The minimum Gasteiger partial charge on any atom is -0.398 e. The fourth-order valence-electron chi connectivity index (χ4n) is 3.30. The van der Waals surface area contributed by atoms with Crippen LogP contribution in [0.3, 0.4) is 0 Å². The maximum atomic E-state index is 12.7. The normalized spacial score (nSPS) is 14.0. The number of halogens is 2. The third-order valence-electron chi connectivity index (χ3n) is 4.99. The molecule has 9 heteroatoms. The Kier molecular flexibility index (Phi) is 8.23. The van der Waals surface area contributed by atoms with Gasteiger partial charge < -0.3 is 15.2 Å². The van der Waals surface area contributed by atoms with Gasteiger partial charge in [-0.15, -0.1) is 24.8 Å². The second-order valence-corrected chi connectivity index (χ2v) is 7.03. The van der Waals surface area contributed by atoms with Crippen LogP contribution in [0.4, 0.5) is 5.69 Å². The molecule has 30 heavy (non-hydrogen) atoms. The zero-order valence-corrected chi connectivity index (χ0v) is 18.3. The molecular weight excluding hydrogens is 425 g/mol. The number of carbonyl (C=O) groups is 1. The van der Waals surface area contributed by atoms with Crippen molar-refractivity contribution in [3.8, 4) is 11.4 Å². The summed E-state index contributed by atoms with van der Waals surface area (Å²) in [6, 6.07) is 15.2. The van der Waals surface area contributed by atoms with Crippen LogP contribution in [0.25, 0.3) is 11.4 Å². The Morgan fingerprint density at radius 3 is 2.37 bits per heavy atom. The quantitative estimate of drug-likeness (QED) is 0.613. The highest BCUT2D eigenvalue weighted by atomic mass is 35.5. The average molecular weight is 450 g/mol. The number of nitrogen functional groups attached to an aromatic ring is 1. The van der Waals surface area contributed by atoms with Gasteiger partial charge in [-0.25, -0.2) is 0 Å². The maximum Gasteiger partial charge on any atom is 0.256 e. The fourth-order valence-corrected chi connectivity index (χ4v) is 3.30. The van der Waals surface area contributed by atoms with E-state index >= 15 is 0 Å². The molecule has 1 aliphatic heterocycles.